The molecule has 2 atom stereocenters. The molecule has 3 heteroatoms. The highest BCUT2D eigenvalue weighted by atomic mass is 16.5. The molecule has 78 valence electrons. The Hall–Kier alpha value is -1.12. The van der Waals surface area contributed by atoms with Gasteiger partial charge in [0, 0.05) is 6.92 Å². The number of carbonyl (C=O) groups is 2. The fourth-order valence-electron chi connectivity index (χ4n) is 1.90. The second kappa shape index (κ2) is 5.58. The Kier molecular flexibility index (Phi) is 4.36. The number of ether oxygens (including phenoxy) is 1. The van der Waals surface area contributed by atoms with Crippen LogP contribution in [0.15, 0.2) is 12.2 Å². The lowest BCUT2D eigenvalue weighted by Gasteiger charge is -2.26. The molecule has 0 aromatic heterocycles. The molecule has 1 saturated carbocycles. The fraction of sp³-hybridized carbons (Fsp3) is 0.636. The number of aldehydes is 1. The Morgan fingerprint density at radius 1 is 1.43 bits per heavy atom. The van der Waals surface area contributed by atoms with Crippen LogP contribution in [-0.4, -0.2) is 18.4 Å². The van der Waals surface area contributed by atoms with Crippen LogP contribution in [0.4, 0.5) is 0 Å². The molecule has 1 aliphatic rings. The minimum Gasteiger partial charge on any atom is -0.463 e. The zero-order chi connectivity index (χ0) is 10.4. The Morgan fingerprint density at radius 2 is 2.21 bits per heavy atom. The van der Waals surface area contributed by atoms with E-state index in [1.54, 1.807) is 0 Å². The van der Waals surface area contributed by atoms with Crippen LogP contribution in [0.3, 0.4) is 0 Å². The van der Waals surface area contributed by atoms with Gasteiger partial charge in [-0.15, -0.1) is 0 Å². The zero-order valence-corrected chi connectivity index (χ0v) is 8.44. The van der Waals surface area contributed by atoms with E-state index in [9.17, 15) is 9.59 Å². The van der Waals surface area contributed by atoms with Crippen LogP contribution in [0.1, 0.15) is 32.6 Å². The van der Waals surface area contributed by atoms with E-state index in [2.05, 4.69) is 0 Å². The Bertz CT molecular complexity index is 233. The standard InChI is InChI=1S/C11H16O3/c1-9(13)14-11-6-2-4-10(8-11)5-3-7-12/h3,5,7,10-11H,2,4,6,8H2,1H3/b5-3+. The molecule has 0 spiro atoms. The number of allylic oxidation sites excluding steroid dienone is 2. The first-order valence-corrected chi connectivity index (χ1v) is 5.01. The Morgan fingerprint density at radius 3 is 2.86 bits per heavy atom. The van der Waals surface area contributed by atoms with Crippen LogP contribution in [0.5, 0.6) is 0 Å². The van der Waals surface area contributed by atoms with Gasteiger partial charge in [-0.2, -0.15) is 0 Å². The summed E-state index contributed by atoms with van der Waals surface area (Å²) in [5, 5.41) is 0. The SMILES string of the molecule is CC(=O)OC1CCCC(/C=C/C=O)C1. The highest BCUT2D eigenvalue weighted by molar-refractivity contribution is 5.66. The quantitative estimate of drug-likeness (QED) is 0.393. The lowest BCUT2D eigenvalue weighted by Crippen LogP contribution is -2.23. The van der Waals surface area contributed by atoms with Gasteiger partial charge in [-0.1, -0.05) is 6.08 Å². The maximum atomic E-state index is 10.7. The van der Waals surface area contributed by atoms with E-state index in [4.69, 9.17) is 4.74 Å². The monoisotopic (exact) mass is 196 g/mol. The van der Waals surface area contributed by atoms with E-state index < -0.39 is 0 Å². The lowest BCUT2D eigenvalue weighted by atomic mass is 9.87. The molecule has 0 aromatic rings. The third-order valence-electron chi connectivity index (χ3n) is 2.46. The van der Waals surface area contributed by atoms with Crippen molar-refractivity contribution in [2.24, 2.45) is 5.92 Å². The van der Waals surface area contributed by atoms with Gasteiger partial charge in [0.1, 0.15) is 12.4 Å². The van der Waals surface area contributed by atoms with Crippen LogP contribution in [0.2, 0.25) is 0 Å². The van der Waals surface area contributed by atoms with Crippen molar-refractivity contribution in [3.8, 4) is 0 Å². The van der Waals surface area contributed by atoms with Crippen LogP contribution < -0.4 is 0 Å². The van der Waals surface area contributed by atoms with Gasteiger partial charge in [0.25, 0.3) is 0 Å². The molecule has 0 saturated heterocycles. The van der Waals surface area contributed by atoms with Gasteiger partial charge in [-0.3, -0.25) is 9.59 Å². The predicted molar refractivity (Wildman–Crippen MR) is 52.7 cm³/mol. The van der Waals surface area contributed by atoms with Crippen molar-refractivity contribution in [3.63, 3.8) is 0 Å². The molecule has 2 unspecified atom stereocenters. The number of hydrogen-bond acceptors (Lipinski definition) is 3. The average molecular weight is 196 g/mol. The predicted octanol–water partition coefficient (Wildman–Crippen LogP) is 1.86. The van der Waals surface area contributed by atoms with E-state index in [0.29, 0.717) is 5.92 Å². The van der Waals surface area contributed by atoms with E-state index in [1.165, 1.54) is 13.0 Å². The summed E-state index contributed by atoms with van der Waals surface area (Å²) in [7, 11) is 0. The molecule has 0 bridgehead atoms. The summed E-state index contributed by atoms with van der Waals surface area (Å²) in [5.74, 6) is 0.174. The summed E-state index contributed by atoms with van der Waals surface area (Å²) in [4.78, 5) is 20.9. The summed E-state index contributed by atoms with van der Waals surface area (Å²) in [6, 6.07) is 0. The molecule has 14 heavy (non-hydrogen) atoms. The normalized spacial score (nSPS) is 27.5. The summed E-state index contributed by atoms with van der Waals surface area (Å²) < 4.78 is 5.14. The van der Waals surface area contributed by atoms with Crippen LogP contribution >= 0.6 is 0 Å². The number of rotatable bonds is 3. The molecule has 1 rings (SSSR count). The van der Waals surface area contributed by atoms with Gasteiger partial charge >= 0.3 is 5.97 Å². The molecule has 0 aromatic carbocycles. The Balaban J connectivity index is 2.39. The largest absolute Gasteiger partial charge is 0.463 e. The molecule has 1 fully saturated rings. The van der Waals surface area contributed by atoms with E-state index in [1.807, 2.05) is 6.08 Å². The van der Waals surface area contributed by atoms with Crippen LogP contribution in [-0.2, 0) is 14.3 Å². The number of esters is 1. The third-order valence-corrected chi connectivity index (χ3v) is 2.46. The first kappa shape index (κ1) is 11.0. The van der Waals surface area contributed by atoms with Gasteiger partial charge in [0.15, 0.2) is 0 Å². The van der Waals surface area contributed by atoms with Crippen molar-refractivity contribution >= 4 is 12.3 Å². The highest BCUT2D eigenvalue weighted by Gasteiger charge is 2.21. The minimum absolute atomic E-state index is 0.0440. The molecule has 0 N–H and O–H groups in total. The van der Waals surface area contributed by atoms with E-state index >= 15 is 0 Å². The zero-order valence-electron chi connectivity index (χ0n) is 8.44. The molecule has 0 heterocycles. The first-order chi connectivity index (χ1) is 6.72. The fourth-order valence-corrected chi connectivity index (χ4v) is 1.90. The van der Waals surface area contributed by atoms with Crippen molar-refractivity contribution in [1.82, 2.24) is 0 Å². The summed E-state index contributed by atoms with van der Waals surface area (Å²) in [5.41, 5.74) is 0. The lowest BCUT2D eigenvalue weighted by molar-refractivity contribution is -0.148. The molecular formula is C11H16O3. The van der Waals surface area contributed by atoms with E-state index in [-0.39, 0.29) is 12.1 Å². The molecular weight excluding hydrogens is 180 g/mol. The summed E-state index contributed by atoms with van der Waals surface area (Å²) in [6.07, 6.45) is 8.21. The van der Waals surface area contributed by atoms with Crippen molar-refractivity contribution in [2.75, 3.05) is 0 Å². The van der Waals surface area contributed by atoms with Crippen molar-refractivity contribution in [2.45, 2.75) is 38.7 Å². The topological polar surface area (TPSA) is 43.4 Å². The summed E-state index contributed by atoms with van der Waals surface area (Å²) >= 11 is 0. The highest BCUT2D eigenvalue weighted by Crippen LogP contribution is 2.27. The second-order valence-electron chi connectivity index (χ2n) is 3.68. The smallest absolute Gasteiger partial charge is 0.302 e. The number of carbonyl (C=O) groups excluding carboxylic acids is 2. The van der Waals surface area contributed by atoms with Crippen LogP contribution in [0.25, 0.3) is 0 Å². The molecule has 0 radical (unpaired) electrons. The molecule has 0 aliphatic heterocycles. The van der Waals surface area contributed by atoms with Gasteiger partial charge in [0.2, 0.25) is 0 Å². The minimum atomic E-state index is -0.213. The molecule has 1 aliphatic carbocycles. The third kappa shape index (κ3) is 3.73. The maximum Gasteiger partial charge on any atom is 0.302 e. The average Bonchev–Trinajstić information content (AvgIpc) is 2.14. The van der Waals surface area contributed by atoms with Gasteiger partial charge < -0.3 is 4.74 Å². The van der Waals surface area contributed by atoms with Crippen molar-refractivity contribution in [3.05, 3.63) is 12.2 Å². The molecule has 0 amide bonds. The van der Waals surface area contributed by atoms with Gasteiger partial charge in [-0.05, 0) is 37.7 Å². The Labute approximate surface area is 84.1 Å². The van der Waals surface area contributed by atoms with Crippen LogP contribution in [0, 0.1) is 5.92 Å². The van der Waals surface area contributed by atoms with Crippen molar-refractivity contribution in [1.29, 1.82) is 0 Å². The van der Waals surface area contributed by atoms with Gasteiger partial charge in [-0.25, -0.2) is 0 Å². The molecule has 3 nitrogen and oxygen atoms in total. The van der Waals surface area contributed by atoms with E-state index in [0.717, 1.165) is 32.0 Å². The summed E-state index contributed by atoms with van der Waals surface area (Å²) in [6.45, 7) is 1.44. The second-order valence-corrected chi connectivity index (χ2v) is 3.68. The van der Waals surface area contributed by atoms with Gasteiger partial charge in [0.05, 0.1) is 0 Å². The maximum absolute atomic E-state index is 10.7. The first-order valence-electron chi connectivity index (χ1n) is 5.01. The number of hydrogen-bond donors (Lipinski definition) is 0. The van der Waals surface area contributed by atoms with Crippen molar-refractivity contribution < 1.29 is 14.3 Å².